The third-order valence-corrected chi connectivity index (χ3v) is 6.08. The number of oxime groups is 1. The van der Waals surface area contributed by atoms with Gasteiger partial charge >= 0.3 is 12.1 Å². The topological polar surface area (TPSA) is 159 Å². The van der Waals surface area contributed by atoms with Crippen LogP contribution in [0, 0.1) is 0 Å². The largest absolute Gasteiger partial charge is 0.511 e. The van der Waals surface area contributed by atoms with Crippen molar-refractivity contribution in [2.75, 3.05) is 32.5 Å². The van der Waals surface area contributed by atoms with Crippen molar-refractivity contribution in [3.63, 3.8) is 0 Å². The lowest BCUT2D eigenvalue weighted by Gasteiger charge is -2.49. The second kappa shape index (κ2) is 12.7. The number of amides is 2. The first kappa shape index (κ1) is 28.4. The number of hydrogen-bond acceptors (Lipinski definition) is 12. The number of β-lactam (4-membered cyclic amide) rings is 1. The molecule has 2 heterocycles. The number of Topliss-reactive ketones (excluding diaryl/α,β-unsaturated/α-hetero) is 1. The highest BCUT2D eigenvalue weighted by molar-refractivity contribution is 8.00. The number of fused-ring (bicyclic) bond motifs is 1. The van der Waals surface area contributed by atoms with Crippen molar-refractivity contribution < 1.29 is 47.8 Å². The molecule has 2 unspecified atom stereocenters. The molecular weight excluding hydrogens is 510 g/mol. The highest BCUT2D eigenvalue weighted by Crippen LogP contribution is 2.40. The SMILES string of the molecule is COCC1=C(C(=O)OC(C)OC(=O)OC(C)C)N2C(=O)C(NC(=O)/C(=N\OC)C(=O)CCl)[C@H]2SC1. The summed E-state index contributed by atoms with van der Waals surface area (Å²) in [4.78, 5) is 67.5. The molecule has 0 saturated carbocycles. The van der Waals surface area contributed by atoms with Crippen LogP contribution < -0.4 is 5.32 Å². The van der Waals surface area contributed by atoms with Crippen LogP contribution in [-0.2, 0) is 43.0 Å². The van der Waals surface area contributed by atoms with Crippen molar-refractivity contribution >= 4 is 58.8 Å². The van der Waals surface area contributed by atoms with E-state index in [1.54, 1.807) is 13.8 Å². The van der Waals surface area contributed by atoms with E-state index in [0.29, 0.717) is 5.57 Å². The highest BCUT2D eigenvalue weighted by atomic mass is 35.5. The van der Waals surface area contributed by atoms with Crippen molar-refractivity contribution in [1.29, 1.82) is 0 Å². The number of alkyl halides is 1. The molecular formula is C20H26ClN3O10S. The summed E-state index contributed by atoms with van der Waals surface area (Å²) in [5.41, 5.74) is -0.210. The Kier molecular flexibility index (Phi) is 10.3. The summed E-state index contributed by atoms with van der Waals surface area (Å²) in [6.07, 6.45) is -2.76. The molecule has 0 spiro atoms. The van der Waals surface area contributed by atoms with E-state index in [9.17, 15) is 24.0 Å². The van der Waals surface area contributed by atoms with E-state index in [1.165, 1.54) is 25.8 Å². The Bertz CT molecular complexity index is 938. The summed E-state index contributed by atoms with van der Waals surface area (Å²) >= 11 is 6.76. The van der Waals surface area contributed by atoms with Gasteiger partial charge in [0.15, 0.2) is 0 Å². The van der Waals surface area contributed by atoms with Gasteiger partial charge in [-0.05, 0) is 19.4 Å². The van der Waals surface area contributed by atoms with E-state index in [4.69, 9.17) is 30.5 Å². The molecule has 0 aromatic heterocycles. The lowest BCUT2D eigenvalue weighted by molar-refractivity contribution is -0.169. The molecule has 15 heteroatoms. The van der Waals surface area contributed by atoms with Crippen LogP contribution in [0.1, 0.15) is 20.8 Å². The first-order chi connectivity index (χ1) is 16.5. The maximum Gasteiger partial charge on any atom is 0.511 e. The molecule has 3 atom stereocenters. The van der Waals surface area contributed by atoms with Gasteiger partial charge in [-0.15, -0.1) is 23.4 Å². The minimum Gasteiger partial charge on any atom is -0.431 e. The number of carbonyl (C=O) groups is 5. The second-order valence-corrected chi connectivity index (χ2v) is 8.81. The molecule has 194 valence electrons. The Morgan fingerprint density at radius 3 is 2.43 bits per heavy atom. The second-order valence-electron chi connectivity index (χ2n) is 7.43. The number of esters is 1. The Morgan fingerprint density at radius 2 is 1.86 bits per heavy atom. The fraction of sp³-hybridized carbons (Fsp3) is 0.600. The van der Waals surface area contributed by atoms with Crippen molar-refractivity contribution in [3.8, 4) is 0 Å². The highest BCUT2D eigenvalue weighted by Gasteiger charge is 2.55. The number of ketones is 1. The first-order valence-electron chi connectivity index (χ1n) is 10.3. The molecule has 0 aromatic rings. The lowest BCUT2D eigenvalue weighted by atomic mass is 10.0. The summed E-state index contributed by atoms with van der Waals surface area (Å²) in [5.74, 6) is -3.52. The first-order valence-corrected chi connectivity index (χ1v) is 11.9. The molecule has 2 aliphatic heterocycles. The van der Waals surface area contributed by atoms with Gasteiger partial charge in [0, 0.05) is 19.8 Å². The molecule has 0 aliphatic carbocycles. The number of halogens is 1. The van der Waals surface area contributed by atoms with Crippen molar-refractivity contribution in [1.82, 2.24) is 10.2 Å². The smallest absolute Gasteiger partial charge is 0.431 e. The molecule has 1 fully saturated rings. The van der Waals surface area contributed by atoms with E-state index >= 15 is 0 Å². The molecule has 13 nitrogen and oxygen atoms in total. The molecule has 0 radical (unpaired) electrons. The van der Waals surface area contributed by atoms with Gasteiger partial charge in [0.05, 0.1) is 18.6 Å². The van der Waals surface area contributed by atoms with Crippen LogP contribution in [0.15, 0.2) is 16.4 Å². The molecule has 2 aliphatic rings. The van der Waals surface area contributed by atoms with Crippen LogP contribution in [0.25, 0.3) is 0 Å². The van der Waals surface area contributed by atoms with Gasteiger partial charge in [0.25, 0.3) is 11.8 Å². The van der Waals surface area contributed by atoms with Crippen molar-refractivity contribution in [2.45, 2.75) is 44.6 Å². The van der Waals surface area contributed by atoms with Crippen LogP contribution in [-0.4, -0.2) is 96.6 Å². The van der Waals surface area contributed by atoms with Gasteiger partial charge in [-0.1, -0.05) is 5.16 Å². The predicted molar refractivity (Wildman–Crippen MR) is 122 cm³/mol. The zero-order valence-corrected chi connectivity index (χ0v) is 21.3. The average Bonchev–Trinajstić information content (AvgIpc) is 2.79. The zero-order chi connectivity index (χ0) is 26.3. The molecule has 2 rings (SSSR count). The maximum atomic E-state index is 12.9. The van der Waals surface area contributed by atoms with Gasteiger partial charge in [0.2, 0.25) is 17.8 Å². The summed E-state index contributed by atoms with van der Waals surface area (Å²) in [6.45, 7) is 4.60. The van der Waals surface area contributed by atoms with E-state index in [0.717, 1.165) is 12.0 Å². The molecule has 1 saturated heterocycles. The van der Waals surface area contributed by atoms with Crippen molar-refractivity contribution in [2.24, 2.45) is 5.16 Å². The molecule has 0 aromatic carbocycles. The predicted octanol–water partition coefficient (Wildman–Crippen LogP) is 0.548. The number of hydrogen-bond donors (Lipinski definition) is 1. The standard InChI is InChI=1S/C20H26ClN3O10S/c1-9(2)32-20(29)34-10(3)33-19(28)15-11(7-30-4)8-35-18-14(17(27)24(15)18)22-16(26)13(23-31-5)12(25)6-21/h9-10,14,18H,6-8H2,1-5H3,(H,22,26)/b23-13-/t10?,14?,18-/m1/s1. The Labute approximate surface area is 210 Å². The summed E-state index contributed by atoms with van der Waals surface area (Å²) in [6, 6.07) is -1.06. The number of nitrogens with one attached hydrogen (secondary N) is 1. The molecule has 35 heavy (non-hydrogen) atoms. The molecule has 0 bridgehead atoms. The number of carbonyl (C=O) groups excluding carboxylic acids is 5. The van der Waals surface area contributed by atoms with Crippen molar-refractivity contribution in [3.05, 3.63) is 11.3 Å². The lowest BCUT2D eigenvalue weighted by Crippen LogP contribution is -2.71. The van der Waals surface area contributed by atoms with Crippen LogP contribution in [0.3, 0.4) is 0 Å². The van der Waals surface area contributed by atoms with Gasteiger partial charge in [-0.2, -0.15) is 0 Å². The van der Waals surface area contributed by atoms with Crippen LogP contribution in [0.5, 0.6) is 0 Å². The quantitative estimate of drug-likeness (QED) is 0.0748. The summed E-state index contributed by atoms with van der Waals surface area (Å²) < 4.78 is 20.1. The minimum atomic E-state index is -1.31. The van der Waals surface area contributed by atoms with Crippen LogP contribution in [0.2, 0.25) is 0 Å². The number of nitrogens with zero attached hydrogens (tertiary/aromatic N) is 2. The van der Waals surface area contributed by atoms with E-state index in [2.05, 4.69) is 15.3 Å². The fourth-order valence-corrected chi connectivity index (χ4v) is 4.58. The summed E-state index contributed by atoms with van der Waals surface area (Å²) in [7, 11) is 2.57. The normalized spacial score (nSPS) is 20.5. The average molecular weight is 536 g/mol. The number of thioether (sulfide) groups is 1. The van der Waals surface area contributed by atoms with Gasteiger partial charge in [-0.25, -0.2) is 9.59 Å². The third kappa shape index (κ3) is 6.86. The van der Waals surface area contributed by atoms with Gasteiger partial charge in [0.1, 0.15) is 24.2 Å². The monoisotopic (exact) mass is 535 g/mol. The minimum absolute atomic E-state index is 0.0322. The van der Waals surface area contributed by atoms with Crippen LogP contribution in [0.4, 0.5) is 4.79 Å². The summed E-state index contributed by atoms with van der Waals surface area (Å²) in [5, 5.41) is 5.13. The fourth-order valence-electron chi connectivity index (χ4n) is 3.13. The van der Waals surface area contributed by atoms with Gasteiger partial charge < -0.3 is 29.1 Å². The number of rotatable bonds is 11. The number of methoxy groups -OCH3 is 1. The van der Waals surface area contributed by atoms with Gasteiger partial charge in [-0.3, -0.25) is 19.3 Å². The molecule has 1 N–H and O–H groups in total. The van der Waals surface area contributed by atoms with E-state index in [1.807, 2.05) is 0 Å². The van der Waals surface area contributed by atoms with Crippen LogP contribution >= 0.6 is 23.4 Å². The number of ether oxygens (including phenoxy) is 4. The Morgan fingerprint density at radius 1 is 1.17 bits per heavy atom. The molecule has 2 amide bonds. The van der Waals surface area contributed by atoms with E-state index in [-0.39, 0.29) is 18.1 Å². The third-order valence-electron chi connectivity index (χ3n) is 4.50. The Hall–Kier alpha value is -2.84. The van der Waals surface area contributed by atoms with E-state index < -0.39 is 65.1 Å². The Balaban J connectivity index is 2.17. The maximum absolute atomic E-state index is 12.9. The zero-order valence-electron chi connectivity index (χ0n) is 19.7.